The zero-order chi connectivity index (χ0) is 18.8. The first-order chi connectivity index (χ1) is 12.4. The molecule has 0 atom stereocenters. The Labute approximate surface area is 156 Å². The first-order valence-corrected chi connectivity index (χ1v) is 8.57. The molecule has 0 saturated heterocycles. The summed E-state index contributed by atoms with van der Waals surface area (Å²) in [5.41, 5.74) is 3.24. The lowest BCUT2D eigenvalue weighted by atomic mass is 10.1. The fraction of sp³-hybridized carbons (Fsp3) is 0.200. The summed E-state index contributed by atoms with van der Waals surface area (Å²) >= 11 is 5.89. The summed E-state index contributed by atoms with van der Waals surface area (Å²) in [4.78, 5) is 27.1. The number of carbonyl (C=O) groups excluding carboxylic acids is 2. The lowest BCUT2D eigenvalue weighted by molar-refractivity contribution is 0.0943. The number of rotatable bonds is 5. The molecule has 0 spiro atoms. The molecule has 26 heavy (non-hydrogen) atoms. The molecular weight excluding hydrogens is 352 g/mol. The topological polar surface area (TPSA) is 75.1 Å². The number of hydrogen-bond acceptors (Lipinski definition) is 3. The van der Waals surface area contributed by atoms with Gasteiger partial charge in [0.15, 0.2) is 5.78 Å². The Morgan fingerprint density at radius 3 is 2.42 bits per heavy atom. The monoisotopic (exact) mass is 370 g/mol. The molecule has 0 aliphatic carbocycles. The molecule has 0 radical (unpaired) electrons. The molecule has 1 aromatic carbocycles. The van der Waals surface area contributed by atoms with Crippen molar-refractivity contribution >= 4 is 23.3 Å². The summed E-state index contributed by atoms with van der Waals surface area (Å²) in [6.07, 6.45) is 0. The zero-order valence-corrected chi connectivity index (χ0v) is 15.5. The predicted molar refractivity (Wildman–Crippen MR) is 101 cm³/mol. The van der Waals surface area contributed by atoms with Crippen molar-refractivity contribution in [3.8, 4) is 11.3 Å². The van der Waals surface area contributed by atoms with Crippen molar-refractivity contribution in [2.75, 3.05) is 0 Å². The zero-order valence-electron chi connectivity index (χ0n) is 14.8. The average molecular weight is 371 g/mol. The van der Waals surface area contributed by atoms with Crippen molar-refractivity contribution in [3.63, 3.8) is 0 Å². The molecule has 1 amide bonds. The molecule has 0 aliphatic heterocycles. The lowest BCUT2D eigenvalue weighted by Crippen LogP contribution is -2.23. The van der Waals surface area contributed by atoms with Crippen LogP contribution in [0.4, 0.5) is 0 Å². The maximum Gasteiger partial charge on any atom is 0.268 e. The third-order valence-electron chi connectivity index (χ3n) is 4.23. The van der Waals surface area contributed by atoms with Crippen LogP contribution in [0.25, 0.3) is 11.3 Å². The van der Waals surface area contributed by atoms with Gasteiger partial charge in [-0.2, -0.15) is 0 Å². The van der Waals surface area contributed by atoms with Crippen LogP contribution in [0.1, 0.15) is 44.8 Å². The molecule has 3 aromatic rings. The minimum absolute atomic E-state index is 0.0612. The highest BCUT2D eigenvalue weighted by Gasteiger charge is 2.19. The molecule has 0 fully saturated rings. The van der Waals surface area contributed by atoms with Crippen LogP contribution < -0.4 is 5.32 Å². The molecule has 5 nitrogen and oxygen atoms in total. The van der Waals surface area contributed by atoms with E-state index in [1.54, 1.807) is 26.0 Å². The van der Waals surface area contributed by atoms with E-state index in [1.807, 2.05) is 24.3 Å². The van der Waals surface area contributed by atoms with Crippen LogP contribution in [0.2, 0.25) is 5.02 Å². The Morgan fingerprint density at radius 2 is 1.81 bits per heavy atom. The highest BCUT2D eigenvalue weighted by molar-refractivity contribution is 6.30. The molecule has 2 heterocycles. The summed E-state index contributed by atoms with van der Waals surface area (Å²) in [6.45, 7) is 5.29. The van der Waals surface area contributed by atoms with Gasteiger partial charge in [-0.15, -0.1) is 0 Å². The molecule has 0 aliphatic rings. The number of ketones is 1. The normalized spacial score (nSPS) is 10.8. The number of amides is 1. The highest BCUT2D eigenvalue weighted by Crippen LogP contribution is 2.24. The number of aryl methyl sites for hydroxylation is 1. The van der Waals surface area contributed by atoms with Gasteiger partial charge < -0.3 is 14.7 Å². The molecular formula is C20H19ClN2O3. The van der Waals surface area contributed by atoms with Crippen molar-refractivity contribution in [2.45, 2.75) is 27.3 Å². The summed E-state index contributed by atoms with van der Waals surface area (Å²) in [5.74, 6) is 1.00. The number of benzene rings is 1. The van der Waals surface area contributed by atoms with E-state index in [9.17, 15) is 9.59 Å². The van der Waals surface area contributed by atoms with Gasteiger partial charge in [0, 0.05) is 21.8 Å². The molecule has 0 bridgehead atoms. The van der Waals surface area contributed by atoms with Crippen LogP contribution in [0.5, 0.6) is 0 Å². The van der Waals surface area contributed by atoms with Crippen molar-refractivity contribution < 1.29 is 14.0 Å². The Kier molecular flexibility index (Phi) is 5.00. The molecule has 2 aromatic heterocycles. The van der Waals surface area contributed by atoms with Gasteiger partial charge in [-0.25, -0.2) is 0 Å². The summed E-state index contributed by atoms with van der Waals surface area (Å²) in [7, 11) is 0. The average Bonchev–Trinajstić information content (AvgIpc) is 3.18. The number of aromatic nitrogens is 1. The predicted octanol–water partition coefficient (Wildman–Crippen LogP) is 4.68. The van der Waals surface area contributed by atoms with Crippen LogP contribution in [-0.4, -0.2) is 16.7 Å². The van der Waals surface area contributed by atoms with Gasteiger partial charge in [0.05, 0.1) is 6.54 Å². The number of Topliss-reactive ketones (excluding diaryl/α,β-unsaturated/α-hetero) is 1. The van der Waals surface area contributed by atoms with Crippen molar-refractivity contribution in [2.24, 2.45) is 0 Å². The molecule has 2 N–H and O–H groups in total. The van der Waals surface area contributed by atoms with Gasteiger partial charge in [-0.05, 0) is 62.7 Å². The maximum absolute atomic E-state index is 12.4. The van der Waals surface area contributed by atoms with Gasteiger partial charge in [0.1, 0.15) is 17.2 Å². The number of aromatic amines is 1. The first-order valence-electron chi connectivity index (χ1n) is 8.19. The van der Waals surface area contributed by atoms with E-state index in [0.29, 0.717) is 39.1 Å². The first kappa shape index (κ1) is 18.0. The summed E-state index contributed by atoms with van der Waals surface area (Å²) < 4.78 is 5.77. The molecule has 3 rings (SSSR count). The van der Waals surface area contributed by atoms with E-state index >= 15 is 0 Å². The fourth-order valence-corrected chi connectivity index (χ4v) is 3.13. The van der Waals surface area contributed by atoms with E-state index < -0.39 is 0 Å². The van der Waals surface area contributed by atoms with E-state index in [1.165, 1.54) is 6.92 Å². The quantitative estimate of drug-likeness (QED) is 0.640. The maximum atomic E-state index is 12.4. The Morgan fingerprint density at radius 1 is 1.12 bits per heavy atom. The minimum Gasteiger partial charge on any atom is -0.459 e. The van der Waals surface area contributed by atoms with E-state index in [2.05, 4.69) is 10.3 Å². The second-order valence-electron chi connectivity index (χ2n) is 6.14. The van der Waals surface area contributed by atoms with E-state index in [-0.39, 0.29) is 18.2 Å². The van der Waals surface area contributed by atoms with Gasteiger partial charge in [-0.3, -0.25) is 9.59 Å². The Balaban J connectivity index is 1.70. The Bertz CT molecular complexity index is 968. The van der Waals surface area contributed by atoms with Gasteiger partial charge in [-0.1, -0.05) is 11.6 Å². The lowest BCUT2D eigenvalue weighted by Gasteiger charge is -2.03. The van der Waals surface area contributed by atoms with E-state index in [4.69, 9.17) is 16.0 Å². The third-order valence-corrected chi connectivity index (χ3v) is 4.48. The fourth-order valence-electron chi connectivity index (χ4n) is 3.00. The second kappa shape index (κ2) is 7.22. The SMILES string of the molecule is CC(=O)c1c(C)[nH]c(C(=O)NCc2ccc(-c3ccc(Cl)cc3)o2)c1C. The number of hydrogen-bond donors (Lipinski definition) is 2. The molecule has 6 heteroatoms. The van der Waals surface area contributed by atoms with Crippen LogP contribution >= 0.6 is 11.6 Å². The second-order valence-corrected chi connectivity index (χ2v) is 6.57. The van der Waals surface area contributed by atoms with Crippen LogP contribution in [-0.2, 0) is 6.54 Å². The van der Waals surface area contributed by atoms with Crippen LogP contribution in [0.3, 0.4) is 0 Å². The van der Waals surface area contributed by atoms with Crippen LogP contribution in [0, 0.1) is 13.8 Å². The van der Waals surface area contributed by atoms with Crippen molar-refractivity contribution in [3.05, 3.63) is 69.7 Å². The number of nitrogens with one attached hydrogen (secondary N) is 2. The molecule has 0 saturated carbocycles. The summed E-state index contributed by atoms with van der Waals surface area (Å²) in [6, 6.07) is 11.0. The van der Waals surface area contributed by atoms with Gasteiger partial charge >= 0.3 is 0 Å². The Hall–Kier alpha value is -2.79. The number of furan rings is 1. The highest BCUT2D eigenvalue weighted by atomic mass is 35.5. The third kappa shape index (κ3) is 3.58. The standard InChI is InChI=1S/C20H19ClN2O3/c1-11-18(13(3)24)12(2)23-19(11)20(25)22-10-16-8-9-17(26-16)14-4-6-15(21)7-5-14/h4-9,23H,10H2,1-3H3,(H,22,25). The van der Waals surface area contributed by atoms with E-state index in [0.717, 1.165) is 5.56 Å². The van der Waals surface area contributed by atoms with Crippen molar-refractivity contribution in [1.29, 1.82) is 0 Å². The van der Waals surface area contributed by atoms with Crippen LogP contribution in [0.15, 0.2) is 40.8 Å². The largest absolute Gasteiger partial charge is 0.459 e. The number of halogens is 1. The van der Waals surface area contributed by atoms with Gasteiger partial charge in [0.25, 0.3) is 5.91 Å². The van der Waals surface area contributed by atoms with Crippen molar-refractivity contribution in [1.82, 2.24) is 10.3 Å². The molecule has 134 valence electrons. The minimum atomic E-state index is -0.275. The smallest absolute Gasteiger partial charge is 0.268 e. The summed E-state index contributed by atoms with van der Waals surface area (Å²) in [5, 5.41) is 3.47. The number of H-pyrrole nitrogens is 1. The number of carbonyl (C=O) groups is 2. The van der Waals surface area contributed by atoms with Gasteiger partial charge in [0.2, 0.25) is 0 Å². The molecule has 0 unspecified atom stereocenters.